The van der Waals surface area contributed by atoms with Crippen molar-refractivity contribution in [2.45, 2.75) is 32.1 Å². The first-order chi connectivity index (χ1) is 15.8. The van der Waals surface area contributed by atoms with Crippen LogP contribution in [0, 0.1) is 0 Å². The monoisotopic (exact) mass is 424 g/mol. The Morgan fingerprint density at radius 3 is 1.88 bits per heavy atom. The number of para-hydroxylation sites is 2. The molecule has 5 aromatic rings. The zero-order chi connectivity index (χ0) is 21.5. The standard InChI is InChI=1S/C21H16N2.C7H16N2/c1-3-7-17-13(5-1)15-11-16-14-6-2-4-8-18(14)23-21(16)19(12-9-10-12)20(15)22-17;1-2-5-9-6-3-8-4-7-9/h1-8,11-12,22-23H,9-10H2;8H,2-7H2,1H3. The Balaban J connectivity index is 0.000000185. The lowest BCUT2D eigenvalue weighted by Gasteiger charge is -2.26. The van der Waals surface area contributed by atoms with Crippen LogP contribution in [0.25, 0.3) is 43.6 Å². The Morgan fingerprint density at radius 2 is 1.34 bits per heavy atom. The molecule has 32 heavy (non-hydrogen) atoms. The van der Waals surface area contributed by atoms with Crippen LogP contribution in [-0.4, -0.2) is 47.6 Å². The van der Waals surface area contributed by atoms with E-state index in [1.807, 2.05) is 0 Å². The van der Waals surface area contributed by atoms with Crippen molar-refractivity contribution >= 4 is 43.6 Å². The van der Waals surface area contributed by atoms with Gasteiger partial charge in [-0.2, -0.15) is 0 Å². The second kappa shape index (κ2) is 8.27. The van der Waals surface area contributed by atoms with E-state index in [4.69, 9.17) is 0 Å². The fourth-order valence-corrected chi connectivity index (χ4v) is 5.35. The fourth-order valence-electron chi connectivity index (χ4n) is 5.35. The molecule has 3 N–H and O–H groups in total. The largest absolute Gasteiger partial charge is 0.354 e. The van der Waals surface area contributed by atoms with Crippen LogP contribution in [-0.2, 0) is 0 Å². The second-order valence-electron chi connectivity index (χ2n) is 9.34. The molecule has 0 unspecified atom stereocenters. The van der Waals surface area contributed by atoms with Gasteiger partial charge < -0.3 is 20.2 Å². The number of hydrogen-bond acceptors (Lipinski definition) is 2. The number of benzene rings is 3. The van der Waals surface area contributed by atoms with Crippen molar-refractivity contribution in [2.24, 2.45) is 0 Å². The lowest BCUT2D eigenvalue weighted by molar-refractivity contribution is 0.241. The Labute approximate surface area is 189 Å². The lowest BCUT2D eigenvalue weighted by atomic mass is 10.0. The first kappa shape index (κ1) is 19.8. The summed E-state index contributed by atoms with van der Waals surface area (Å²) in [5, 5.41) is 8.71. The molecule has 1 saturated heterocycles. The highest BCUT2D eigenvalue weighted by molar-refractivity contribution is 6.19. The summed E-state index contributed by atoms with van der Waals surface area (Å²) in [6.45, 7) is 8.37. The zero-order valence-corrected chi connectivity index (χ0v) is 18.9. The van der Waals surface area contributed by atoms with Crippen molar-refractivity contribution in [1.82, 2.24) is 20.2 Å². The molecular weight excluding hydrogens is 392 g/mol. The Kier molecular flexibility index (Phi) is 5.12. The first-order valence-electron chi connectivity index (χ1n) is 12.2. The maximum atomic E-state index is 3.68. The number of fused-ring (bicyclic) bond motifs is 6. The van der Waals surface area contributed by atoms with E-state index in [1.165, 1.54) is 101 Å². The molecule has 2 aliphatic rings. The highest BCUT2D eigenvalue weighted by Gasteiger charge is 2.29. The van der Waals surface area contributed by atoms with E-state index in [-0.39, 0.29) is 0 Å². The summed E-state index contributed by atoms with van der Waals surface area (Å²) in [5.74, 6) is 0.697. The maximum absolute atomic E-state index is 3.68. The topological polar surface area (TPSA) is 46.8 Å². The first-order valence-corrected chi connectivity index (χ1v) is 12.2. The number of aromatic nitrogens is 2. The van der Waals surface area contributed by atoms with E-state index < -0.39 is 0 Å². The van der Waals surface area contributed by atoms with Gasteiger partial charge in [-0.05, 0) is 49.9 Å². The number of piperazine rings is 1. The number of nitrogens with zero attached hydrogens (tertiary/aromatic N) is 1. The van der Waals surface area contributed by atoms with Crippen molar-refractivity contribution in [2.75, 3.05) is 32.7 Å². The quantitative estimate of drug-likeness (QED) is 0.326. The van der Waals surface area contributed by atoms with Gasteiger partial charge >= 0.3 is 0 Å². The van der Waals surface area contributed by atoms with E-state index in [2.05, 4.69) is 81.7 Å². The number of aromatic amines is 2. The number of H-pyrrole nitrogens is 2. The molecule has 3 heterocycles. The predicted molar refractivity (Wildman–Crippen MR) is 137 cm³/mol. The van der Waals surface area contributed by atoms with Crippen molar-refractivity contribution in [3.8, 4) is 0 Å². The smallest absolute Gasteiger partial charge is 0.0521 e. The highest BCUT2D eigenvalue weighted by atomic mass is 15.2. The summed E-state index contributed by atoms with van der Waals surface area (Å²) < 4.78 is 0. The molecule has 3 aromatic carbocycles. The predicted octanol–water partition coefficient (Wildman–Crippen LogP) is 6.13. The van der Waals surface area contributed by atoms with Gasteiger partial charge in [0.15, 0.2) is 0 Å². The fraction of sp³-hybridized carbons (Fsp3) is 0.357. The minimum atomic E-state index is 0.697. The van der Waals surface area contributed by atoms with Crippen LogP contribution in [0.4, 0.5) is 0 Å². The molecule has 0 spiro atoms. The SMILES string of the molecule is CCCN1CCNCC1.c1ccc2c(c1)[nH]c1c(C3CC3)c3[nH]c4ccccc4c3cc12. The Morgan fingerprint density at radius 1 is 0.781 bits per heavy atom. The molecule has 7 rings (SSSR count). The number of nitrogens with one attached hydrogen (secondary N) is 3. The molecule has 1 aliphatic carbocycles. The van der Waals surface area contributed by atoms with Gasteiger partial charge in [0.2, 0.25) is 0 Å². The van der Waals surface area contributed by atoms with Crippen LogP contribution >= 0.6 is 0 Å². The third kappa shape index (κ3) is 3.48. The molecule has 0 bridgehead atoms. The van der Waals surface area contributed by atoms with Gasteiger partial charge in [-0.25, -0.2) is 0 Å². The average molecular weight is 425 g/mol. The van der Waals surface area contributed by atoms with E-state index in [0.29, 0.717) is 5.92 Å². The van der Waals surface area contributed by atoms with Gasteiger partial charge in [-0.1, -0.05) is 43.3 Å². The van der Waals surface area contributed by atoms with Crippen molar-refractivity contribution < 1.29 is 0 Å². The van der Waals surface area contributed by atoms with Crippen molar-refractivity contribution in [3.63, 3.8) is 0 Å². The van der Waals surface area contributed by atoms with Crippen LogP contribution in [0.2, 0.25) is 0 Å². The Hall–Kier alpha value is -2.82. The minimum absolute atomic E-state index is 0.697. The summed E-state index contributed by atoms with van der Waals surface area (Å²) >= 11 is 0. The molecule has 0 atom stereocenters. The third-order valence-electron chi connectivity index (χ3n) is 7.05. The van der Waals surface area contributed by atoms with Gasteiger partial charge in [0.1, 0.15) is 0 Å². The van der Waals surface area contributed by atoms with E-state index in [1.54, 1.807) is 0 Å². The van der Waals surface area contributed by atoms with E-state index >= 15 is 0 Å². The van der Waals surface area contributed by atoms with Gasteiger partial charge in [0, 0.05) is 64.3 Å². The average Bonchev–Trinajstić information content (AvgIpc) is 3.51. The summed E-state index contributed by atoms with van der Waals surface area (Å²) in [7, 11) is 0. The van der Waals surface area contributed by atoms with Crippen LogP contribution in [0.1, 0.15) is 37.7 Å². The molecule has 164 valence electrons. The Bertz CT molecular complexity index is 1290. The highest BCUT2D eigenvalue weighted by Crippen LogP contribution is 2.48. The van der Waals surface area contributed by atoms with Crippen LogP contribution in [0.3, 0.4) is 0 Å². The van der Waals surface area contributed by atoms with Crippen LogP contribution in [0.15, 0.2) is 54.6 Å². The number of hydrogen-bond donors (Lipinski definition) is 3. The van der Waals surface area contributed by atoms with Gasteiger partial charge in [-0.15, -0.1) is 0 Å². The van der Waals surface area contributed by atoms with E-state index in [9.17, 15) is 0 Å². The summed E-state index contributed by atoms with van der Waals surface area (Å²) in [6, 6.07) is 19.7. The molecule has 2 fully saturated rings. The van der Waals surface area contributed by atoms with E-state index in [0.717, 1.165) is 0 Å². The van der Waals surface area contributed by atoms with Crippen molar-refractivity contribution in [3.05, 3.63) is 60.2 Å². The minimum Gasteiger partial charge on any atom is -0.354 e. The second-order valence-corrected chi connectivity index (χ2v) is 9.34. The normalized spacial score (nSPS) is 17.3. The maximum Gasteiger partial charge on any atom is 0.0521 e. The molecule has 0 amide bonds. The summed E-state index contributed by atoms with van der Waals surface area (Å²) in [4.78, 5) is 9.88. The molecule has 1 saturated carbocycles. The zero-order valence-electron chi connectivity index (χ0n) is 18.9. The lowest BCUT2D eigenvalue weighted by Crippen LogP contribution is -2.43. The molecule has 4 heteroatoms. The van der Waals surface area contributed by atoms with Gasteiger partial charge in [-0.3, -0.25) is 0 Å². The molecule has 2 aromatic heterocycles. The molecule has 4 nitrogen and oxygen atoms in total. The van der Waals surface area contributed by atoms with Crippen LogP contribution in [0.5, 0.6) is 0 Å². The van der Waals surface area contributed by atoms with Gasteiger partial charge in [0.25, 0.3) is 0 Å². The summed E-state index contributed by atoms with van der Waals surface area (Å²) in [6.07, 6.45) is 3.90. The number of rotatable bonds is 3. The molecule has 1 aliphatic heterocycles. The summed E-state index contributed by atoms with van der Waals surface area (Å²) in [5.41, 5.74) is 6.62. The van der Waals surface area contributed by atoms with Gasteiger partial charge in [0.05, 0.1) is 11.0 Å². The third-order valence-corrected chi connectivity index (χ3v) is 7.05. The molecular formula is C28H32N4. The van der Waals surface area contributed by atoms with Crippen molar-refractivity contribution in [1.29, 1.82) is 0 Å². The van der Waals surface area contributed by atoms with Crippen LogP contribution < -0.4 is 5.32 Å². The molecule has 0 radical (unpaired) electrons.